The van der Waals surface area contributed by atoms with Crippen molar-refractivity contribution in [3.63, 3.8) is 0 Å². The first-order chi connectivity index (χ1) is 7.49. The van der Waals surface area contributed by atoms with Gasteiger partial charge < -0.3 is 16.4 Å². The van der Waals surface area contributed by atoms with E-state index >= 15 is 0 Å². The number of thiocarbonyl (C=S) groups is 1. The minimum absolute atomic E-state index is 0.0915. The Kier molecular flexibility index (Phi) is 4.25. The number of benzene rings is 1. The maximum Gasteiger partial charge on any atom is 0.228 e. The molecule has 1 aromatic carbocycles. The molecule has 0 aliphatic carbocycles. The number of anilines is 2. The Bertz CT molecular complexity index is 387. The van der Waals surface area contributed by atoms with Crippen LogP contribution in [0.3, 0.4) is 0 Å². The van der Waals surface area contributed by atoms with Gasteiger partial charge in [-0.2, -0.15) is 0 Å². The molecule has 0 unspecified atom stereocenters. The van der Waals surface area contributed by atoms with Gasteiger partial charge in [-0.05, 0) is 36.5 Å². The number of nitrogens with two attached hydrogens (primary N) is 1. The normalized spacial score (nSPS) is 9.94. The third kappa shape index (κ3) is 3.86. The Hall–Kier alpha value is -1.62. The van der Waals surface area contributed by atoms with Gasteiger partial charge in [-0.3, -0.25) is 4.79 Å². The van der Waals surface area contributed by atoms with Crippen LogP contribution in [0.2, 0.25) is 0 Å². The van der Waals surface area contributed by atoms with E-state index in [1.54, 1.807) is 38.1 Å². The second kappa shape index (κ2) is 5.46. The maximum atomic E-state index is 11.3. The molecular formula is C11H15N3OS. The molecule has 4 nitrogen and oxygen atoms in total. The molecule has 0 aliphatic rings. The van der Waals surface area contributed by atoms with Crippen molar-refractivity contribution in [2.24, 2.45) is 5.92 Å². The van der Waals surface area contributed by atoms with E-state index in [1.807, 2.05) is 0 Å². The van der Waals surface area contributed by atoms with Crippen LogP contribution in [0.15, 0.2) is 24.3 Å². The average molecular weight is 237 g/mol. The zero-order valence-electron chi connectivity index (χ0n) is 9.28. The molecule has 16 heavy (non-hydrogen) atoms. The monoisotopic (exact) mass is 237 g/mol. The predicted molar refractivity (Wildman–Crippen MR) is 70.1 cm³/mol. The summed E-state index contributed by atoms with van der Waals surface area (Å²) in [5.41, 5.74) is 7.03. The van der Waals surface area contributed by atoms with Crippen LogP contribution in [0.4, 0.5) is 11.4 Å². The third-order valence-electron chi connectivity index (χ3n) is 1.93. The lowest BCUT2D eigenvalue weighted by atomic mass is 10.2. The van der Waals surface area contributed by atoms with E-state index < -0.39 is 0 Å². The van der Waals surface area contributed by atoms with Crippen molar-refractivity contribution >= 4 is 34.6 Å². The van der Waals surface area contributed by atoms with Crippen LogP contribution in [0, 0.1) is 5.92 Å². The highest BCUT2D eigenvalue weighted by atomic mass is 32.1. The summed E-state index contributed by atoms with van der Waals surface area (Å²) in [4.78, 5) is 11.3. The molecule has 4 N–H and O–H groups in total. The van der Waals surface area contributed by atoms with E-state index in [-0.39, 0.29) is 11.8 Å². The summed E-state index contributed by atoms with van der Waals surface area (Å²) in [6.45, 7) is 3.61. The number of nitrogens with one attached hydrogen (secondary N) is 2. The van der Waals surface area contributed by atoms with Gasteiger partial charge >= 0.3 is 0 Å². The molecule has 0 aromatic heterocycles. The number of amides is 1. The predicted octanol–water partition coefficient (Wildman–Crippen LogP) is 1.74. The second-order valence-corrected chi connectivity index (χ2v) is 4.13. The van der Waals surface area contributed by atoms with Gasteiger partial charge in [0.2, 0.25) is 5.91 Å². The van der Waals surface area contributed by atoms with Gasteiger partial charge in [0.25, 0.3) is 0 Å². The smallest absolute Gasteiger partial charge is 0.228 e. The molecule has 0 radical (unpaired) electrons. The minimum Gasteiger partial charge on any atom is -0.399 e. The van der Waals surface area contributed by atoms with Crippen molar-refractivity contribution in [3.05, 3.63) is 24.3 Å². The third-order valence-corrected chi connectivity index (χ3v) is 2.13. The van der Waals surface area contributed by atoms with Crippen molar-refractivity contribution in [1.29, 1.82) is 0 Å². The van der Waals surface area contributed by atoms with E-state index in [0.29, 0.717) is 10.8 Å². The summed E-state index contributed by atoms with van der Waals surface area (Å²) in [5, 5.41) is 5.79. The molecule has 0 fully saturated rings. The summed E-state index contributed by atoms with van der Waals surface area (Å²) >= 11 is 4.99. The lowest BCUT2D eigenvalue weighted by Gasteiger charge is -2.11. The van der Waals surface area contributed by atoms with Gasteiger partial charge in [0.05, 0.1) is 0 Å². The molecule has 0 aliphatic heterocycles. The number of carbonyl (C=O) groups excluding carboxylic acids is 1. The molecule has 0 bridgehead atoms. The molecule has 0 saturated carbocycles. The summed E-state index contributed by atoms with van der Waals surface area (Å²) in [7, 11) is 0. The Labute approximate surface area is 100 Å². The van der Waals surface area contributed by atoms with E-state index in [1.165, 1.54) is 0 Å². The van der Waals surface area contributed by atoms with Crippen molar-refractivity contribution in [1.82, 2.24) is 5.32 Å². The summed E-state index contributed by atoms with van der Waals surface area (Å²) < 4.78 is 0. The Morgan fingerprint density at radius 1 is 1.31 bits per heavy atom. The highest BCUT2D eigenvalue weighted by Crippen LogP contribution is 2.10. The quantitative estimate of drug-likeness (QED) is 0.541. The molecule has 0 atom stereocenters. The van der Waals surface area contributed by atoms with Crippen LogP contribution in [0.25, 0.3) is 0 Å². The number of rotatable bonds is 2. The first-order valence-electron chi connectivity index (χ1n) is 4.96. The fourth-order valence-electron chi connectivity index (χ4n) is 0.985. The molecule has 1 rings (SSSR count). The van der Waals surface area contributed by atoms with Crippen molar-refractivity contribution in [3.8, 4) is 0 Å². The lowest BCUT2D eigenvalue weighted by Crippen LogP contribution is -2.36. The topological polar surface area (TPSA) is 67.2 Å². The van der Waals surface area contributed by atoms with Crippen LogP contribution in [0.5, 0.6) is 0 Å². The Morgan fingerprint density at radius 3 is 2.38 bits per heavy atom. The Balaban J connectivity index is 2.52. The van der Waals surface area contributed by atoms with Crippen molar-refractivity contribution in [2.75, 3.05) is 11.1 Å². The second-order valence-electron chi connectivity index (χ2n) is 3.72. The number of hydrogen-bond donors (Lipinski definition) is 3. The van der Waals surface area contributed by atoms with E-state index in [4.69, 9.17) is 18.0 Å². The standard InChI is InChI=1S/C11H15N3OS/c1-7(2)10(15)14-11(16)13-9-5-3-8(12)4-6-9/h3-7H,12H2,1-2H3,(H2,13,14,15,16). The summed E-state index contributed by atoms with van der Waals surface area (Å²) in [6.07, 6.45) is 0. The van der Waals surface area contributed by atoms with Crippen LogP contribution in [0.1, 0.15) is 13.8 Å². The zero-order chi connectivity index (χ0) is 12.1. The molecule has 0 spiro atoms. The summed E-state index contributed by atoms with van der Waals surface area (Å²) in [6, 6.07) is 7.11. The highest BCUT2D eigenvalue weighted by molar-refractivity contribution is 7.80. The molecule has 0 saturated heterocycles. The molecule has 1 amide bonds. The highest BCUT2D eigenvalue weighted by Gasteiger charge is 2.08. The van der Waals surface area contributed by atoms with E-state index in [9.17, 15) is 4.79 Å². The van der Waals surface area contributed by atoms with Crippen LogP contribution >= 0.6 is 12.2 Å². The van der Waals surface area contributed by atoms with Crippen LogP contribution in [-0.4, -0.2) is 11.0 Å². The molecule has 5 heteroatoms. The number of nitrogen functional groups attached to an aromatic ring is 1. The van der Waals surface area contributed by atoms with Gasteiger partial charge in [0, 0.05) is 17.3 Å². The lowest BCUT2D eigenvalue weighted by molar-refractivity contribution is -0.122. The SMILES string of the molecule is CC(C)C(=O)NC(=S)Nc1ccc(N)cc1. The van der Waals surface area contributed by atoms with Gasteiger partial charge in [-0.1, -0.05) is 13.8 Å². The van der Waals surface area contributed by atoms with Crippen LogP contribution < -0.4 is 16.4 Å². The molecular weight excluding hydrogens is 222 g/mol. The largest absolute Gasteiger partial charge is 0.399 e. The van der Waals surface area contributed by atoms with E-state index in [0.717, 1.165) is 5.69 Å². The Morgan fingerprint density at radius 2 is 1.88 bits per heavy atom. The summed E-state index contributed by atoms with van der Waals surface area (Å²) in [5.74, 6) is -0.195. The van der Waals surface area contributed by atoms with Crippen molar-refractivity contribution in [2.45, 2.75) is 13.8 Å². The van der Waals surface area contributed by atoms with Gasteiger partial charge in [0.1, 0.15) is 0 Å². The number of hydrogen-bond acceptors (Lipinski definition) is 3. The number of carbonyl (C=O) groups is 1. The molecule has 1 aromatic rings. The van der Waals surface area contributed by atoms with Crippen LogP contribution in [-0.2, 0) is 4.79 Å². The van der Waals surface area contributed by atoms with Gasteiger partial charge in [-0.25, -0.2) is 0 Å². The average Bonchev–Trinajstić information content (AvgIpc) is 2.21. The maximum absolute atomic E-state index is 11.3. The van der Waals surface area contributed by atoms with Gasteiger partial charge in [-0.15, -0.1) is 0 Å². The first kappa shape index (κ1) is 12.4. The molecule has 86 valence electrons. The fourth-order valence-corrected chi connectivity index (χ4v) is 1.20. The minimum atomic E-state index is -0.104. The fraction of sp³-hybridized carbons (Fsp3) is 0.273. The van der Waals surface area contributed by atoms with Gasteiger partial charge in [0.15, 0.2) is 5.11 Å². The molecule has 0 heterocycles. The zero-order valence-corrected chi connectivity index (χ0v) is 10.1. The van der Waals surface area contributed by atoms with E-state index in [2.05, 4.69) is 10.6 Å². The van der Waals surface area contributed by atoms with Crippen molar-refractivity contribution < 1.29 is 4.79 Å². The first-order valence-corrected chi connectivity index (χ1v) is 5.37.